The number of nitrogens with zero attached hydrogens (tertiary/aromatic N) is 4. The summed E-state index contributed by atoms with van der Waals surface area (Å²) in [5.74, 6) is 2.81. The SMILES string of the molecule is COc1cc2nc(-c3ccc(Br)cc3)nc(NCCCN3CCN(C)CC3)c2cc1OC. The molecular formula is C24H30BrN5O2. The molecule has 7 nitrogen and oxygen atoms in total. The molecule has 3 aromatic rings. The van der Waals surface area contributed by atoms with Crippen molar-refractivity contribution in [3.63, 3.8) is 0 Å². The van der Waals surface area contributed by atoms with Crippen molar-refractivity contribution in [3.05, 3.63) is 40.9 Å². The first kappa shape index (κ1) is 22.8. The molecule has 1 aromatic heterocycles. The lowest BCUT2D eigenvalue weighted by molar-refractivity contribution is 0.154. The summed E-state index contributed by atoms with van der Waals surface area (Å²) in [5.41, 5.74) is 1.78. The second-order valence-electron chi connectivity index (χ2n) is 8.05. The average Bonchev–Trinajstić information content (AvgIpc) is 2.82. The third-order valence-electron chi connectivity index (χ3n) is 5.84. The Hall–Kier alpha value is -2.42. The summed E-state index contributed by atoms with van der Waals surface area (Å²) in [4.78, 5) is 14.6. The van der Waals surface area contributed by atoms with Gasteiger partial charge in [-0.3, -0.25) is 0 Å². The molecule has 1 saturated heterocycles. The van der Waals surface area contributed by atoms with Crippen molar-refractivity contribution in [1.82, 2.24) is 19.8 Å². The van der Waals surface area contributed by atoms with Gasteiger partial charge in [-0.1, -0.05) is 28.1 Å². The standard InChI is InChI=1S/C24H30BrN5O2/c1-29-11-13-30(14-12-29)10-4-9-26-24-19-15-21(31-2)22(32-3)16-20(19)27-23(28-24)17-5-7-18(25)8-6-17/h5-8,15-16H,4,9-14H2,1-3H3,(H,26,27,28). The summed E-state index contributed by atoms with van der Waals surface area (Å²) in [6.45, 7) is 6.48. The highest BCUT2D eigenvalue weighted by Gasteiger charge is 2.15. The summed E-state index contributed by atoms with van der Waals surface area (Å²) in [6.07, 6.45) is 1.05. The fraction of sp³-hybridized carbons (Fsp3) is 0.417. The van der Waals surface area contributed by atoms with Crippen LogP contribution in [0.25, 0.3) is 22.3 Å². The van der Waals surface area contributed by atoms with Gasteiger partial charge in [-0.25, -0.2) is 9.97 Å². The van der Waals surface area contributed by atoms with Crippen LogP contribution in [0.3, 0.4) is 0 Å². The number of fused-ring (bicyclic) bond motifs is 1. The summed E-state index contributed by atoms with van der Waals surface area (Å²) < 4.78 is 12.0. The third-order valence-corrected chi connectivity index (χ3v) is 6.37. The van der Waals surface area contributed by atoms with Crippen molar-refractivity contribution >= 4 is 32.7 Å². The minimum absolute atomic E-state index is 0.654. The van der Waals surface area contributed by atoms with Crippen LogP contribution in [0.15, 0.2) is 40.9 Å². The summed E-state index contributed by atoms with van der Waals surface area (Å²) in [7, 11) is 5.47. The number of hydrogen-bond acceptors (Lipinski definition) is 7. The molecule has 0 unspecified atom stereocenters. The Kier molecular flexibility index (Phi) is 7.44. The van der Waals surface area contributed by atoms with E-state index in [0.717, 1.165) is 72.4 Å². The highest BCUT2D eigenvalue weighted by atomic mass is 79.9. The highest BCUT2D eigenvalue weighted by Crippen LogP contribution is 2.35. The number of benzene rings is 2. The van der Waals surface area contributed by atoms with Gasteiger partial charge in [-0.05, 0) is 38.2 Å². The monoisotopic (exact) mass is 499 g/mol. The molecule has 0 amide bonds. The van der Waals surface area contributed by atoms with E-state index < -0.39 is 0 Å². The van der Waals surface area contributed by atoms with Gasteiger partial charge in [-0.15, -0.1) is 0 Å². The van der Waals surface area contributed by atoms with Crippen LogP contribution in [0, 0.1) is 0 Å². The molecule has 0 radical (unpaired) electrons. The van der Waals surface area contributed by atoms with Crippen LogP contribution in [0.4, 0.5) is 5.82 Å². The molecule has 32 heavy (non-hydrogen) atoms. The van der Waals surface area contributed by atoms with Gasteiger partial charge in [0.2, 0.25) is 0 Å². The topological polar surface area (TPSA) is 62.8 Å². The number of halogens is 1. The molecule has 8 heteroatoms. The number of aromatic nitrogens is 2. The van der Waals surface area contributed by atoms with E-state index in [1.54, 1.807) is 14.2 Å². The van der Waals surface area contributed by atoms with Crippen molar-refractivity contribution in [2.45, 2.75) is 6.42 Å². The highest BCUT2D eigenvalue weighted by molar-refractivity contribution is 9.10. The number of hydrogen-bond donors (Lipinski definition) is 1. The second kappa shape index (κ2) is 10.5. The Morgan fingerprint density at radius 3 is 2.34 bits per heavy atom. The predicted molar refractivity (Wildman–Crippen MR) is 133 cm³/mol. The lowest BCUT2D eigenvalue weighted by atomic mass is 10.1. The van der Waals surface area contributed by atoms with E-state index in [1.165, 1.54) is 0 Å². The largest absolute Gasteiger partial charge is 0.493 e. The first-order valence-electron chi connectivity index (χ1n) is 10.9. The number of rotatable bonds is 8. The van der Waals surface area contributed by atoms with Crippen LogP contribution in [-0.2, 0) is 0 Å². The summed E-state index contributed by atoms with van der Waals surface area (Å²) >= 11 is 3.49. The van der Waals surface area contributed by atoms with E-state index in [4.69, 9.17) is 19.4 Å². The lowest BCUT2D eigenvalue weighted by Gasteiger charge is -2.32. The van der Waals surface area contributed by atoms with Crippen LogP contribution in [0.2, 0.25) is 0 Å². The van der Waals surface area contributed by atoms with E-state index in [1.807, 2.05) is 36.4 Å². The molecule has 1 fully saturated rings. The van der Waals surface area contributed by atoms with Gasteiger partial charge in [0.15, 0.2) is 17.3 Å². The molecule has 0 atom stereocenters. The smallest absolute Gasteiger partial charge is 0.162 e. The van der Waals surface area contributed by atoms with E-state index in [2.05, 4.69) is 38.1 Å². The Morgan fingerprint density at radius 2 is 1.66 bits per heavy atom. The van der Waals surface area contributed by atoms with E-state index in [-0.39, 0.29) is 0 Å². The molecule has 0 saturated carbocycles. The van der Waals surface area contributed by atoms with Gasteiger partial charge in [0.05, 0.1) is 19.7 Å². The quantitative estimate of drug-likeness (QED) is 0.467. The molecule has 2 heterocycles. The van der Waals surface area contributed by atoms with Crippen LogP contribution in [-0.4, -0.2) is 80.3 Å². The van der Waals surface area contributed by atoms with Gasteiger partial charge < -0.3 is 24.6 Å². The Morgan fingerprint density at radius 1 is 0.969 bits per heavy atom. The summed E-state index contributed by atoms with van der Waals surface area (Å²) in [6, 6.07) is 11.9. The van der Waals surface area contributed by atoms with Crippen molar-refractivity contribution in [1.29, 1.82) is 0 Å². The molecule has 1 aliphatic rings. The van der Waals surface area contributed by atoms with Gasteiger partial charge in [0.1, 0.15) is 5.82 Å². The Labute approximate surface area is 197 Å². The van der Waals surface area contributed by atoms with Gasteiger partial charge in [0.25, 0.3) is 0 Å². The fourth-order valence-electron chi connectivity index (χ4n) is 3.90. The normalized spacial score (nSPS) is 15.1. The van der Waals surface area contributed by atoms with Crippen molar-refractivity contribution in [2.75, 3.05) is 65.9 Å². The third kappa shape index (κ3) is 5.31. The minimum atomic E-state index is 0.654. The Bertz CT molecular complexity index is 1050. The second-order valence-corrected chi connectivity index (χ2v) is 8.97. The maximum Gasteiger partial charge on any atom is 0.162 e. The molecular weight excluding hydrogens is 470 g/mol. The van der Waals surface area contributed by atoms with E-state index >= 15 is 0 Å². The minimum Gasteiger partial charge on any atom is -0.493 e. The zero-order valence-corrected chi connectivity index (χ0v) is 20.5. The Balaban J connectivity index is 1.58. The van der Waals surface area contributed by atoms with E-state index in [0.29, 0.717) is 17.3 Å². The van der Waals surface area contributed by atoms with Crippen molar-refractivity contribution in [2.24, 2.45) is 0 Å². The van der Waals surface area contributed by atoms with Crippen molar-refractivity contribution in [3.8, 4) is 22.9 Å². The van der Waals surface area contributed by atoms with Crippen LogP contribution in [0.1, 0.15) is 6.42 Å². The van der Waals surface area contributed by atoms with E-state index in [9.17, 15) is 0 Å². The number of ether oxygens (including phenoxy) is 2. The molecule has 2 aromatic carbocycles. The maximum atomic E-state index is 5.52. The van der Waals surface area contributed by atoms with Gasteiger partial charge in [0, 0.05) is 54.2 Å². The number of likely N-dealkylation sites (N-methyl/N-ethyl adjacent to an activating group) is 1. The lowest BCUT2D eigenvalue weighted by Crippen LogP contribution is -2.44. The maximum absolute atomic E-state index is 5.52. The number of nitrogens with one attached hydrogen (secondary N) is 1. The molecule has 0 spiro atoms. The molecule has 1 aliphatic heterocycles. The van der Waals surface area contributed by atoms with Gasteiger partial charge in [-0.2, -0.15) is 0 Å². The number of methoxy groups -OCH3 is 2. The zero-order valence-electron chi connectivity index (χ0n) is 18.9. The molecule has 4 rings (SSSR count). The predicted octanol–water partition coefficient (Wildman–Crippen LogP) is 4.13. The van der Waals surface area contributed by atoms with Crippen molar-refractivity contribution < 1.29 is 9.47 Å². The van der Waals surface area contributed by atoms with Crippen LogP contribution < -0.4 is 14.8 Å². The van der Waals surface area contributed by atoms with Gasteiger partial charge >= 0.3 is 0 Å². The zero-order chi connectivity index (χ0) is 22.5. The number of piperazine rings is 1. The summed E-state index contributed by atoms with van der Waals surface area (Å²) in [5, 5.41) is 4.47. The molecule has 0 aliphatic carbocycles. The average molecular weight is 500 g/mol. The molecule has 170 valence electrons. The molecule has 0 bridgehead atoms. The van der Waals surface area contributed by atoms with Crippen LogP contribution in [0.5, 0.6) is 11.5 Å². The first-order valence-corrected chi connectivity index (χ1v) is 11.7. The molecule has 1 N–H and O–H groups in total. The fourth-order valence-corrected chi connectivity index (χ4v) is 4.16. The number of anilines is 1. The first-order chi connectivity index (χ1) is 15.6. The van der Waals surface area contributed by atoms with Crippen LogP contribution >= 0.6 is 15.9 Å².